The smallest absolute Gasteiger partial charge is 0.253 e. The molecule has 0 fully saturated rings. The van der Waals surface area contributed by atoms with Crippen molar-refractivity contribution >= 4 is 11.6 Å². The molecule has 0 bridgehead atoms. The van der Waals surface area contributed by atoms with Crippen molar-refractivity contribution in [3.8, 4) is 0 Å². The van der Waals surface area contributed by atoms with E-state index < -0.39 is 0 Å². The first kappa shape index (κ1) is 13.1. The van der Waals surface area contributed by atoms with Gasteiger partial charge in [0.1, 0.15) is 0 Å². The number of nitrogens with two attached hydrogens (primary N) is 1. The summed E-state index contributed by atoms with van der Waals surface area (Å²) < 4.78 is 0. The predicted molar refractivity (Wildman–Crippen MR) is 75.6 cm³/mol. The quantitative estimate of drug-likeness (QED) is 0.856. The molecule has 4 nitrogen and oxygen atoms in total. The molecule has 0 radical (unpaired) electrons. The number of pyridine rings is 1. The minimum Gasteiger partial charge on any atom is -0.399 e. The molecule has 19 heavy (non-hydrogen) atoms. The van der Waals surface area contributed by atoms with E-state index in [2.05, 4.69) is 4.98 Å². The molecule has 1 aromatic heterocycles. The van der Waals surface area contributed by atoms with Gasteiger partial charge in [-0.25, -0.2) is 0 Å². The highest BCUT2D eigenvalue weighted by Gasteiger charge is 2.12. The van der Waals surface area contributed by atoms with E-state index in [0.29, 0.717) is 17.8 Å². The average Bonchev–Trinajstić information content (AvgIpc) is 2.42. The molecule has 0 spiro atoms. The van der Waals surface area contributed by atoms with Crippen molar-refractivity contribution in [1.29, 1.82) is 0 Å². The van der Waals surface area contributed by atoms with Gasteiger partial charge < -0.3 is 10.6 Å². The zero-order valence-electron chi connectivity index (χ0n) is 11.1. The Balaban J connectivity index is 2.12. The van der Waals surface area contributed by atoms with Crippen LogP contribution in [0.15, 0.2) is 42.7 Å². The van der Waals surface area contributed by atoms with Crippen LogP contribution in [-0.2, 0) is 6.54 Å². The van der Waals surface area contributed by atoms with Gasteiger partial charge >= 0.3 is 0 Å². The molecule has 1 heterocycles. The highest BCUT2D eigenvalue weighted by atomic mass is 16.2. The summed E-state index contributed by atoms with van der Waals surface area (Å²) in [5.74, 6) is -0.0213. The summed E-state index contributed by atoms with van der Waals surface area (Å²) in [6, 6.07) is 9.15. The second-order valence-corrected chi connectivity index (χ2v) is 4.59. The SMILES string of the molecule is Cc1cc(C(=O)N(C)Cc2cccnc2)ccc1N. The molecular weight excluding hydrogens is 238 g/mol. The number of amides is 1. The monoisotopic (exact) mass is 255 g/mol. The Kier molecular flexibility index (Phi) is 3.80. The number of hydrogen-bond acceptors (Lipinski definition) is 3. The van der Waals surface area contributed by atoms with E-state index in [1.165, 1.54) is 0 Å². The third-order valence-electron chi connectivity index (χ3n) is 3.01. The lowest BCUT2D eigenvalue weighted by Crippen LogP contribution is -2.26. The minimum atomic E-state index is -0.0213. The Bertz CT molecular complexity index is 581. The van der Waals surface area contributed by atoms with E-state index in [1.54, 1.807) is 36.5 Å². The zero-order valence-corrected chi connectivity index (χ0v) is 11.1. The molecule has 0 aliphatic carbocycles. The molecule has 0 saturated heterocycles. The van der Waals surface area contributed by atoms with Gasteiger partial charge in [0.25, 0.3) is 5.91 Å². The summed E-state index contributed by atoms with van der Waals surface area (Å²) in [5, 5.41) is 0. The van der Waals surface area contributed by atoms with Crippen LogP contribution in [-0.4, -0.2) is 22.8 Å². The van der Waals surface area contributed by atoms with Crippen LogP contribution >= 0.6 is 0 Å². The van der Waals surface area contributed by atoms with Crippen LogP contribution in [0.1, 0.15) is 21.5 Å². The fourth-order valence-electron chi connectivity index (χ4n) is 1.87. The van der Waals surface area contributed by atoms with Gasteiger partial charge in [-0.1, -0.05) is 6.07 Å². The van der Waals surface area contributed by atoms with Gasteiger partial charge in [-0.3, -0.25) is 9.78 Å². The van der Waals surface area contributed by atoms with Gasteiger partial charge in [0, 0.05) is 37.2 Å². The number of nitrogen functional groups attached to an aromatic ring is 1. The fraction of sp³-hybridized carbons (Fsp3) is 0.200. The van der Waals surface area contributed by atoms with E-state index >= 15 is 0 Å². The molecule has 0 unspecified atom stereocenters. The van der Waals surface area contributed by atoms with Crippen LogP contribution in [0.3, 0.4) is 0 Å². The van der Waals surface area contributed by atoms with Crippen LogP contribution in [0.2, 0.25) is 0 Å². The number of aromatic nitrogens is 1. The first-order chi connectivity index (χ1) is 9.08. The number of carbonyl (C=O) groups is 1. The molecule has 98 valence electrons. The number of rotatable bonds is 3. The average molecular weight is 255 g/mol. The normalized spacial score (nSPS) is 10.2. The number of aryl methyl sites for hydroxylation is 1. The largest absolute Gasteiger partial charge is 0.399 e. The molecule has 0 aliphatic rings. The van der Waals surface area contributed by atoms with Crippen molar-refractivity contribution in [1.82, 2.24) is 9.88 Å². The Morgan fingerprint density at radius 3 is 2.79 bits per heavy atom. The van der Waals surface area contributed by atoms with Crippen molar-refractivity contribution in [3.63, 3.8) is 0 Å². The zero-order chi connectivity index (χ0) is 13.8. The molecule has 4 heteroatoms. The van der Waals surface area contributed by atoms with Gasteiger partial charge in [-0.05, 0) is 42.3 Å². The number of carbonyl (C=O) groups excluding carboxylic acids is 1. The summed E-state index contributed by atoms with van der Waals surface area (Å²) >= 11 is 0. The Hall–Kier alpha value is -2.36. The first-order valence-corrected chi connectivity index (χ1v) is 6.08. The maximum absolute atomic E-state index is 12.3. The number of nitrogens with zero attached hydrogens (tertiary/aromatic N) is 2. The van der Waals surface area contributed by atoms with E-state index in [1.807, 2.05) is 25.1 Å². The maximum Gasteiger partial charge on any atom is 0.253 e. The van der Waals surface area contributed by atoms with Gasteiger partial charge in [0.15, 0.2) is 0 Å². The Labute approximate surface area is 112 Å². The van der Waals surface area contributed by atoms with Crippen LogP contribution in [0.25, 0.3) is 0 Å². The molecule has 2 aromatic rings. The molecule has 1 amide bonds. The lowest BCUT2D eigenvalue weighted by molar-refractivity contribution is 0.0785. The van der Waals surface area contributed by atoms with Crippen LogP contribution in [0.5, 0.6) is 0 Å². The Morgan fingerprint density at radius 2 is 2.16 bits per heavy atom. The molecule has 0 saturated carbocycles. The van der Waals surface area contributed by atoms with Gasteiger partial charge in [-0.2, -0.15) is 0 Å². The van der Waals surface area contributed by atoms with Crippen molar-refractivity contribution in [3.05, 3.63) is 59.4 Å². The number of anilines is 1. The topological polar surface area (TPSA) is 59.2 Å². The predicted octanol–water partition coefficient (Wildman–Crippen LogP) is 2.24. The standard InChI is InChI=1S/C15H17N3O/c1-11-8-13(5-6-14(11)16)15(19)18(2)10-12-4-3-7-17-9-12/h3-9H,10,16H2,1-2H3. The molecule has 0 atom stereocenters. The van der Waals surface area contributed by atoms with Crippen molar-refractivity contribution in [2.75, 3.05) is 12.8 Å². The summed E-state index contributed by atoms with van der Waals surface area (Å²) in [5.41, 5.74) is 9.03. The minimum absolute atomic E-state index is 0.0213. The maximum atomic E-state index is 12.3. The third kappa shape index (κ3) is 3.10. The summed E-state index contributed by atoms with van der Waals surface area (Å²) in [7, 11) is 1.78. The highest BCUT2D eigenvalue weighted by Crippen LogP contribution is 2.14. The number of hydrogen-bond donors (Lipinski definition) is 1. The summed E-state index contributed by atoms with van der Waals surface area (Å²) in [6.45, 7) is 2.43. The van der Waals surface area contributed by atoms with Crippen molar-refractivity contribution in [2.24, 2.45) is 0 Å². The van der Waals surface area contributed by atoms with Crippen LogP contribution < -0.4 is 5.73 Å². The molecule has 1 aromatic carbocycles. The van der Waals surface area contributed by atoms with Crippen LogP contribution in [0.4, 0.5) is 5.69 Å². The second-order valence-electron chi connectivity index (χ2n) is 4.59. The molecule has 2 N–H and O–H groups in total. The fourth-order valence-corrected chi connectivity index (χ4v) is 1.87. The van der Waals surface area contributed by atoms with Crippen LogP contribution in [0, 0.1) is 6.92 Å². The van der Waals surface area contributed by atoms with E-state index in [4.69, 9.17) is 5.73 Å². The van der Waals surface area contributed by atoms with Gasteiger partial charge in [0.05, 0.1) is 0 Å². The number of benzene rings is 1. The lowest BCUT2D eigenvalue weighted by Gasteiger charge is -2.17. The first-order valence-electron chi connectivity index (χ1n) is 6.08. The van der Waals surface area contributed by atoms with Crippen molar-refractivity contribution in [2.45, 2.75) is 13.5 Å². The highest BCUT2D eigenvalue weighted by molar-refractivity contribution is 5.94. The van der Waals surface area contributed by atoms with E-state index in [-0.39, 0.29) is 5.91 Å². The third-order valence-corrected chi connectivity index (χ3v) is 3.01. The summed E-state index contributed by atoms with van der Waals surface area (Å²) in [6.07, 6.45) is 3.48. The molecule has 0 aliphatic heterocycles. The lowest BCUT2D eigenvalue weighted by atomic mass is 10.1. The molecule has 2 rings (SSSR count). The van der Waals surface area contributed by atoms with Gasteiger partial charge in [0.2, 0.25) is 0 Å². The second kappa shape index (κ2) is 5.52. The Morgan fingerprint density at radius 1 is 1.37 bits per heavy atom. The van der Waals surface area contributed by atoms with Crippen molar-refractivity contribution < 1.29 is 4.79 Å². The van der Waals surface area contributed by atoms with E-state index in [9.17, 15) is 4.79 Å². The van der Waals surface area contributed by atoms with Gasteiger partial charge in [-0.15, -0.1) is 0 Å². The molecular formula is C15H17N3O. The van der Waals surface area contributed by atoms with E-state index in [0.717, 1.165) is 11.1 Å². The summed E-state index contributed by atoms with van der Waals surface area (Å²) in [4.78, 5) is 18.0.